The van der Waals surface area contributed by atoms with Gasteiger partial charge in [0.15, 0.2) is 9.84 Å². The smallest absolute Gasteiger partial charge is 0.192 e. The lowest BCUT2D eigenvalue weighted by molar-refractivity contribution is 0.562. The number of pyridine rings is 1. The summed E-state index contributed by atoms with van der Waals surface area (Å²) in [5, 5.41) is 0. The molecule has 0 atom stereocenters. The summed E-state index contributed by atoms with van der Waals surface area (Å²) in [4.78, 5) is 4.14. The SMILES string of the molecule is CC(C)(C)S(=O)(=O)c1cc2ncccc2s1. The molecule has 86 valence electrons. The van der Waals surface area contributed by atoms with Gasteiger partial charge in [-0.05, 0) is 39.0 Å². The van der Waals surface area contributed by atoms with Crippen LogP contribution in [0.5, 0.6) is 0 Å². The number of aromatic nitrogens is 1. The summed E-state index contributed by atoms with van der Waals surface area (Å²) in [7, 11) is -3.26. The number of hydrogen-bond donors (Lipinski definition) is 0. The number of sulfone groups is 1. The minimum absolute atomic E-state index is 0.397. The Labute approximate surface area is 99.1 Å². The van der Waals surface area contributed by atoms with Gasteiger partial charge in [0, 0.05) is 6.20 Å². The summed E-state index contributed by atoms with van der Waals surface area (Å²) in [6, 6.07) is 5.35. The Balaban J connectivity index is 2.66. The highest BCUT2D eigenvalue weighted by atomic mass is 32.2. The zero-order valence-electron chi connectivity index (χ0n) is 9.39. The van der Waals surface area contributed by atoms with Crippen LogP contribution in [0.3, 0.4) is 0 Å². The zero-order valence-corrected chi connectivity index (χ0v) is 11.0. The molecule has 0 spiro atoms. The quantitative estimate of drug-likeness (QED) is 0.787. The highest BCUT2D eigenvalue weighted by Gasteiger charge is 2.32. The third-order valence-electron chi connectivity index (χ3n) is 2.34. The Hall–Kier alpha value is -0.940. The lowest BCUT2D eigenvalue weighted by Crippen LogP contribution is -2.27. The van der Waals surface area contributed by atoms with Gasteiger partial charge < -0.3 is 0 Å². The van der Waals surface area contributed by atoms with Crippen molar-refractivity contribution in [3.05, 3.63) is 24.4 Å². The van der Waals surface area contributed by atoms with Crippen molar-refractivity contribution in [2.75, 3.05) is 0 Å². The van der Waals surface area contributed by atoms with E-state index in [1.54, 1.807) is 33.0 Å². The third-order valence-corrected chi connectivity index (χ3v) is 6.39. The first-order chi connectivity index (χ1) is 7.32. The van der Waals surface area contributed by atoms with E-state index in [9.17, 15) is 8.42 Å². The van der Waals surface area contributed by atoms with Gasteiger partial charge in [-0.25, -0.2) is 8.42 Å². The summed E-state index contributed by atoms with van der Waals surface area (Å²) in [5.41, 5.74) is 0.746. The Morgan fingerprint density at radius 2 is 2.00 bits per heavy atom. The number of hydrogen-bond acceptors (Lipinski definition) is 4. The van der Waals surface area contributed by atoms with Crippen LogP contribution in [0.4, 0.5) is 0 Å². The van der Waals surface area contributed by atoms with Gasteiger partial charge in [-0.2, -0.15) is 0 Å². The van der Waals surface area contributed by atoms with Crippen LogP contribution in [0.15, 0.2) is 28.6 Å². The molecule has 0 aliphatic carbocycles. The van der Waals surface area contributed by atoms with Crippen LogP contribution in [-0.2, 0) is 9.84 Å². The normalized spacial score (nSPS) is 13.2. The van der Waals surface area contributed by atoms with E-state index in [-0.39, 0.29) is 0 Å². The highest BCUT2D eigenvalue weighted by Crippen LogP contribution is 2.33. The molecule has 0 N–H and O–H groups in total. The molecule has 0 unspecified atom stereocenters. The Kier molecular flexibility index (Phi) is 2.55. The molecule has 0 fully saturated rings. The molecule has 2 heterocycles. The molecule has 16 heavy (non-hydrogen) atoms. The standard InChI is InChI=1S/C11H13NO2S2/c1-11(2,3)16(13,14)10-7-8-9(15-10)5-4-6-12-8/h4-7H,1-3H3. The summed E-state index contributed by atoms with van der Waals surface area (Å²) >= 11 is 1.28. The lowest BCUT2D eigenvalue weighted by atomic mass is 10.3. The number of rotatable bonds is 1. The van der Waals surface area contributed by atoms with Crippen molar-refractivity contribution in [2.45, 2.75) is 29.7 Å². The first-order valence-electron chi connectivity index (χ1n) is 4.91. The van der Waals surface area contributed by atoms with Crippen molar-refractivity contribution < 1.29 is 8.42 Å². The average molecular weight is 255 g/mol. The van der Waals surface area contributed by atoms with Crippen LogP contribution in [0, 0.1) is 0 Å². The van der Waals surface area contributed by atoms with E-state index < -0.39 is 14.6 Å². The molecule has 0 aromatic carbocycles. The molecule has 0 aliphatic heterocycles. The topological polar surface area (TPSA) is 47.0 Å². The largest absolute Gasteiger partial charge is 0.255 e. The molecule has 0 saturated heterocycles. The van der Waals surface area contributed by atoms with Gasteiger partial charge in [0.1, 0.15) is 4.21 Å². The first-order valence-corrected chi connectivity index (χ1v) is 7.21. The van der Waals surface area contributed by atoms with Gasteiger partial charge in [-0.1, -0.05) is 0 Å². The van der Waals surface area contributed by atoms with Crippen molar-refractivity contribution >= 4 is 31.4 Å². The summed E-state index contributed by atoms with van der Waals surface area (Å²) in [6.07, 6.45) is 1.67. The minimum Gasteiger partial charge on any atom is -0.255 e. The summed E-state index contributed by atoms with van der Waals surface area (Å²) < 4.78 is 24.9. The molecule has 0 aliphatic rings. The minimum atomic E-state index is -3.26. The fourth-order valence-corrected chi connectivity index (χ4v) is 4.36. The van der Waals surface area contributed by atoms with E-state index in [4.69, 9.17) is 0 Å². The van der Waals surface area contributed by atoms with Crippen LogP contribution in [0.25, 0.3) is 10.2 Å². The van der Waals surface area contributed by atoms with Gasteiger partial charge in [0.2, 0.25) is 0 Å². The lowest BCUT2D eigenvalue weighted by Gasteiger charge is -2.17. The fourth-order valence-electron chi connectivity index (χ4n) is 1.28. The Morgan fingerprint density at radius 3 is 2.56 bits per heavy atom. The maximum atomic E-state index is 12.2. The van der Waals surface area contributed by atoms with Crippen LogP contribution < -0.4 is 0 Å². The van der Waals surface area contributed by atoms with E-state index in [0.29, 0.717) is 4.21 Å². The number of thiophene rings is 1. The van der Waals surface area contributed by atoms with Crippen LogP contribution >= 0.6 is 11.3 Å². The van der Waals surface area contributed by atoms with Gasteiger partial charge in [0.25, 0.3) is 0 Å². The van der Waals surface area contributed by atoms with Crippen molar-refractivity contribution in [3.8, 4) is 0 Å². The monoisotopic (exact) mass is 255 g/mol. The van der Waals surface area contributed by atoms with Crippen molar-refractivity contribution in [3.63, 3.8) is 0 Å². The average Bonchev–Trinajstić information content (AvgIpc) is 2.59. The number of fused-ring (bicyclic) bond motifs is 1. The maximum absolute atomic E-state index is 12.2. The Bertz CT molecular complexity index is 588. The third kappa shape index (κ3) is 1.74. The molecule has 3 nitrogen and oxygen atoms in total. The van der Waals surface area contributed by atoms with E-state index in [0.717, 1.165) is 10.2 Å². The maximum Gasteiger partial charge on any atom is 0.192 e. The van der Waals surface area contributed by atoms with Crippen molar-refractivity contribution in [1.82, 2.24) is 4.98 Å². The van der Waals surface area contributed by atoms with Crippen molar-refractivity contribution in [1.29, 1.82) is 0 Å². The molecule has 0 amide bonds. The van der Waals surface area contributed by atoms with Crippen LogP contribution in [-0.4, -0.2) is 18.1 Å². The second kappa shape index (κ2) is 3.53. The molecule has 0 radical (unpaired) electrons. The van der Waals surface area contributed by atoms with Crippen LogP contribution in [0.1, 0.15) is 20.8 Å². The molecule has 2 aromatic heterocycles. The zero-order chi connectivity index (χ0) is 12.0. The van der Waals surface area contributed by atoms with Gasteiger partial charge in [0.05, 0.1) is 15.0 Å². The first kappa shape index (κ1) is 11.5. The fraction of sp³-hybridized carbons (Fsp3) is 0.364. The van der Waals surface area contributed by atoms with E-state index in [1.807, 2.05) is 12.1 Å². The van der Waals surface area contributed by atoms with Gasteiger partial charge in [-0.15, -0.1) is 11.3 Å². The predicted octanol–water partition coefficient (Wildman–Crippen LogP) is 2.87. The summed E-state index contributed by atoms with van der Waals surface area (Å²) in [5.74, 6) is 0. The number of nitrogens with zero attached hydrogens (tertiary/aromatic N) is 1. The molecular formula is C11H13NO2S2. The molecule has 0 bridgehead atoms. The summed E-state index contributed by atoms with van der Waals surface area (Å²) in [6.45, 7) is 5.13. The molecule has 0 saturated carbocycles. The van der Waals surface area contributed by atoms with E-state index in [1.165, 1.54) is 11.3 Å². The predicted molar refractivity (Wildman–Crippen MR) is 66.6 cm³/mol. The van der Waals surface area contributed by atoms with Gasteiger partial charge in [-0.3, -0.25) is 4.98 Å². The van der Waals surface area contributed by atoms with E-state index >= 15 is 0 Å². The second-order valence-electron chi connectivity index (χ2n) is 4.57. The van der Waals surface area contributed by atoms with Gasteiger partial charge >= 0.3 is 0 Å². The van der Waals surface area contributed by atoms with Crippen molar-refractivity contribution in [2.24, 2.45) is 0 Å². The molecule has 2 aromatic rings. The van der Waals surface area contributed by atoms with Crippen LogP contribution in [0.2, 0.25) is 0 Å². The molecule has 5 heteroatoms. The molecule has 2 rings (SSSR count). The Morgan fingerprint density at radius 1 is 1.31 bits per heavy atom. The van der Waals surface area contributed by atoms with E-state index in [2.05, 4.69) is 4.98 Å². The second-order valence-corrected chi connectivity index (χ2v) is 8.58. The highest BCUT2D eigenvalue weighted by molar-refractivity contribution is 7.94. The molecular weight excluding hydrogens is 242 g/mol.